The van der Waals surface area contributed by atoms with Crippen LogP contribution in [0.1, 0.15) is 16.1 Å². The van der Waals surface area contributed by atoms with Crippen molar-refractivity contribution in [2.75, 3.05) is 26.2 Å². The number of rotatable bonds is 3. The fraction of sp³-hybridized carbons (Fsp3) is 0.294. The number of hydrogen-bond donors (Lipinski definition) is 1. The molecule has 2 aromatic rings. The van der Waals surface area contributed by atoms with Crippen LogP contribution in [-0.2, 0) is 4.79 Å². The van der Waals surface area contributed by atoms with E-state index in [2.05, 4.69) is 9.97 Å². The number of aromatic amines is 1. The zero-order valence-electron chi connectivity index (χ0n) is 13.7. The van der Waals surface area contributed by atoms with Gasteiger partial charge in [-0.3, -0.25) is 9.59 Å². The van der Waals surface area contributed by atoms with E-state index in [1.807, 2.05) is 0 Å². The van der Waals surface area contributed by atoms with Gasteiger partial charge in [-0.1, -0.05) is 11.6 Å². The minimum atomic E-state index is -0.715. The number of carbonyl (C=O) groups is 2. The number of aromatic nitrogens is 2. The molecular weight excluding hydrogens is 327 g/mol. The van der Waals surface area contributed by atoms with Crippen LogP contribution in [0.2, 0.25) is 0 Å². The van der Waals surface area contributed by atoms with E-state index >= 15 is 0 Å². The van der Waals surface area contributed by atoms with Gasteiger partial charge in [-0.2, -0.15) is 4.98 Å². The average molecular weight is 344 g/mol. The van der Waals surface area contributed by atoms with Crippen LogP contribution in [0.15, 0.2) is 29.1 Å². The van der Waals surface area contributed by atoms with Crippen molar-refractivity contribution in [2.45, 2.75) is 6.92 Å². The van der Waals surface area contributed by atoms with Gasteiger partial charge in [-0.25, -0.2) is 9.18 Å². The highest BCUT2D eigenvalue weighted by atomic mass is 19.1. The lowest BCUT2D eigenvalue weighted by atomic mass is 10.1. The van der Waals surface area contributed by atoms with E-state index in [-0.39, 0.29) is 22.9 Å². The van der Waals surface area contributed by atoms with Gasteiger partial charge in [0, 0.05) is 31.7 Å². The third-order valence-corrected chi connectivity index (χ3v) is 4.12. The summed E-state index contributed by atoms with van der Waals surface area (Å²) in [6, 6.07) is 5.88. The molecule has 2 heterocycles. The van der Waals surface area contributed by atoms with Crippen LogP contribution in [0.3, 0.4) is 0 Å². The van der Waals surface area contributed by atoms with E-state index in [0.29, 0.717) is 26.2 Å². The summed E-state index contributed by atoms with van der Waals surface area (Å²) in [5, 5.41) is 0. The minimum absolute atomic E-state index is 0.0514. The van der Waals surface area contributed by atoms with Crippen LogP contribution in [0.4, 0.5) is 4.39 Å². The first-order valence-corrected chi connectivity index (χ1v) is 7.84. The molecule has 0 saturated carbocycles. The van der Waals surface area contributed by atoms with Crippen LogP contribution in [0, 0.1) is 12.7 Å². The topological polar surface area (TPSA) is 86.4 Å². The van der Waals surface area contributed by atoms with Crippen molar-refractivity contribution in [1.82, 2.24) is 19.8 Å². The molecule has 1 N–H and O–H groups in total. The number of carbonyl (C=O) groups excluding carboxylic acids is 2. The number of nitrogens with one attached hydrogen (secondary N) is 1. The maximum Gasteiger partial charge on any atom is 0.346 e. The predicted molar refractivity (Wildman–Crippen MR) is 88.5 cm³/mol. The number of hydrogen-bond acceptors (Lipinski definition) is 4. The van der Waals surface area contributed by atoms with Gasteiger partial charge < -0.3 is 14.8 Å². The number of amides is 2. The quantitative estimate of drug-likeness (QED) is 0.835. The molecule has 0 bridgehead atoms. The number of piperazine rings is 1. The van der Waals surface area contributed by atoms with Gasteiger partial charge >= 0.3 is 5.69 Å². The maximum absolute atomic E-state index is 14.1. The molecule has 1 saturated heterocycles. The van der Waals surface area contributed by atoms with Crippen LogP contribution in [0.25, 0.3) is 11.3 Å². The lowest BCUT2D eigenvalue weighted by molar-refractivity contribution is -0.119. The summed E-state index contributed by atoms with van der Waals surface area (Å²) >= 11 is 0. The number of halogens is 1. The number of nitrogens with zero attached hydrogens (tertiary/aromatic N) is 3. The first kappa shape index (κ1) is 16.8. The summed E-state index contributed by atoms with van der Waals surface area (Å²) in [5.74, 6) is -0.888. The van der Waals surface area contributed by atoms with Crippen molar-refractivity contribution in [3.8, 4) is 11.3 Å². The van der Waals surface area contributed by atoms with Crippen molar-refractivity contribution in [1.29, 1.82) is 0 Å². The Balaban J connectivity index is 1.92. The highest BCUT2D eigenvalue weighted by Crippen LogP contribution is 2.22. The number of H-pyrrole nitrogens is 1. The summed E-state index contributed by atoms with van der Waals surface area (Å²) in [7, 11) is 0. The molecule has 1 fully saturated rings. The molecular formula is C17H17FN4O3. The van der Waals surface area contributed by atoms with Crippen molar-refractivity contribution < 1.29 is 14.0 Å². The van der Waals surface area contributed by atoms with E-state index in [1.165, 1.54) is 12.1 Å². The van der Waals surface area contributed by atoms with E-state index in [1.54, 1.807) is 28.9 Å². The van der Waals surface area contributed by atoms with Crippen molar-refractivity contribution >= 4 is 12.3 Å². The molecule has 2 amide bonds. The molecule has 1 aromatic heterocycles. The van der Waals surface area contributed by atoms with Crippen molar-refractivity contribution in [3.63, 3.8) is 0 Å². The molecule has 8 heteroatoms. The Morgan fingerprint density at radius 2 is 1.96 bits per heavy atom. The van der Waals surface area contributed by atoms with E-state index in [9.17, 15) is 18.8 Å². The molecule has 1 aliphatic rings. The SMILES string of the molecule is Cc1ccc(F)c(-c2cc(C(=O)N3CCN(C=O)CC3)[nH]c(=O)n2)c1. The molecule has 0 radical (unpaired) electrons. The summed E-state index contributed by atoms with van der Waals surface area (Å²) in [6.07, 6.45) is 0.745. The second-order valence-electron chi connectivity index (χ2n) is 5.90. The van der Waals surface area contributed by atoms with Crippen LogP contribution in [0.5, 0.6) is 0 Å². The Labute approximate surface area is 143 Å². The molecule has 7 nitrogen and oxygen atoms in total. The molecule has 0 unspecified atom stereocenters. The van der Waals surface area contributed by atoms with E-state index in [4.69, 9.17) is 0 Å². The Hall–Kier alpha value is -3.03. The van der Waals surface area contributed by atoms with Gasteiger partial charge in [0.05, 0.1) is 5.69 Å². The zero-order chi connectivity index (χ0) is 18.0. The molecule has 25 heavy (non-hydrogen) atoms. The Kier molecular flexibility index (Phi) is 4.60. The summed E-state index contributed by atoms with van der Waals surface area (Å²) < 4.78 is 14.1. The second-order valence-corrected chi connectivity index (χ2v) is 5.90. The van der Waals surface area contributed by atoms with E-state index in [0.717, 1.165) is 12.0 Å². The van der Waals surface area contributed by atoms with Crippen LogP contribution < -0.4 is 5.69 Å². The van der Waals surface area contributed by atoms with Crippen molar-refractivity contribution in [2.24, 2.45) is 0 Å². The monoisotopic (exact) mass is 344 g/mol. The number of benzene rings is 1. The smallest absolute Gasteiger partial charge is 0.342 e. The molecule has 1 aromatic carbocycles. The first-order chi connectivity index (χ1) is 12.0. The molecule has 1 aliphatic heterocycles. The third kappa shape index (κ3) is 3.57. The highest BCUT2D eigenvalue weighted by Gasteiger charge is 2.23. The maximum atomic E-state index is 14.1. The standard InChI is InChI=1S/C17H17FN4O3/c1-11-2-3-13(18)12(8-11)14-9-15(20-17(25)19-14)16(24)22-6-4-21(10-23)5-7-22/h2-3,8-10H,4-7H2,1H3,(H,19,20,25). The second kappa shape index (κ2) is 6.84. The van der Waals surface area contributed by atoms with Crippen LogP contribution >= 0.6 is 0 Å². The van der Waals surface area contributed by atoms with Gasteiger partial charge in [0.2, 0.25) is 6.41 Å². The van der Waals surface area contributed by atoms with Crippen molar-refractivity contribution in [3.05, 3.63) is 51.8 Å². The average Bonchev–Trinajstić information content (AvgIpc) is 2.62. The van der Waals surface area contributed by atoms with Gasteiger partial charge in [0.1, 0.15) is 11.5 Å². The fourth-order valence-electron chi connectivity index (χ4n) is 2.75. The predicted octanol–water partition coefficient (Wildman–Crippen LogP) is 0.799. The Morgan fingerprint density at radius 3 is 2.64 bits per heavy atom. The number of aryl methyl sites for hydroxylation is 1. The Bertz CT molecular complexity index is 872. The molecule has 0 spiro atoms. The first-order valence-electron chi connectivity index (χ1n) is 7.84. The van der Waals surface area contributed by atoms with E-state index < -0.39 is 11.5 Å². The van der Waals surface area contributed by atoms with Gasteiger partial charge in [0.25, 0.3) is 5.91 Å². The molecule has 0 aliphatic carbocycles. The van der Waals surface area contributed by atoms with Gasteiger partial charge in [0.15, 0.2) is 0 Å². The zero-order valence-corrected chi connectivity index (χ0v) is 13.7. The summed E-state index contributed by atoms with van der Waals surface area (Å²) in [6.45, 7) is 3.41. The molecule has 130 valence electrons. The van der Waals surface area contributed by atoms with Gasteiger partial charge in [-0.15, -0.1) is 0 Å². The lowest BCUT2D eigenvalue weighted by Crippen LogP contribution is -2.48. The fourth-order valence-corrected chi connectivity index (χ4v) is 2.75. The van der Waals surface area contributed by atoms with Gasteiger partial charge in [-0.05, 0) is 25.1 Å². The normalized spacial score (nSPS) is 14.5. The van der Waals surface area contributed by atoms with Crippen LogP contribution in [-0.4, -0.2) is 58.3 Å². The Morgan fingerprint density at radius 1 is 1.24 bits per heavy atom. The summed E-state index contributed by atoms with van der Waals surface area (Å²) in [4.78, 5) is 44.5. The highest BCUT2D eigenvalue weighted by molar-refractivity contribution is 5.93. The minimum Gasteiger partial charge on any atom is -0.342 e. The molecule has 3 rings (SSSR count). The lowest BCUT2D eigenvalue weighted by Gasteiger charge is -2.32. The molecule has 0 atom stereocenters. The third-order valence-electron chi connectivity index (χ3n) is 4.12. The summed E-state index contributed by atoms with van der Waals surface area (Å²) in [5.41, 5.74) is 0.436. The largest absolute Gasteiger partial charge is 0.346 e.